The molecule has 0 aliphatic heterocycles. The zero-order valence-electron chi connectivity index (χ0n) is 7.46. The van der Waals surface area contributed by atoms with Gasteiger partial charge in [-0.25, -0.2) is 9.48 Å². The number of carbonyl (C=O) groups is 1. The molecule has 6 heteroatoms. The fourth-order valence-corrected chi connectivity index (χ4v) is 1.71. The maximum absolute atomic E-state index is 10.8. The standard InChI is InChI=1S/C9H6BrN3O2/c10-8-7(9(14)15)5-12-13(8)6-1-3-11-4-2-6/h1-5H,(H,14,15). The van der Waals surface area contributed by atoms with E-state index < -0.39 is 5.97 Å². The van der Waals surface area contributed by atoms with E-state index in [1.54, 1.807) is 24.5 Å². The summed E-state index contributed by atoms with van der Waals surface area (Å²) in [6, 6.07) is 3.48. The van der Waals surface area contributed by atoms with E-state index in [4.69, 9.17) is 5.11 Å². The maximum Gasteiger partial charge on any atom is 0.340 e. The van der Waals surface area contributed by atoms with E-state index in [1.807, 2.05) is 0 Å². The van der Waals surface area contributed by atoms with Crippen LogP contribution in [0.2, 0.25) is 0 Å². The highest BCUT2D eigenvalue weighted by atomic mass is 79.9. The second kappa shape index (κ2) is 3.82. The van der Waals surface area contributed by atoms with Crippen LogP contribution in [-0.4, -0.2) is 25.8 Å². The second-order valence-electron chi connectivity index (χ2n) is 2.77. The smallest absolute Gasteiger partial charge is 0.340 e. The van der Waals surface area contributed by atoms with Crippen molar-refractivity contribution in [2.75, 3.05) is 0 Å². The predicted molar refractivity (Wildman–Crippen MR) is 56.0 cm³/mol. The number of carboxylic acids is 1. The third kappa shape index (κ3) is 1.75. The van der Waals surface area contributed by atoms with Gasteiger partial charge in [-0.1, -0.05) is 0 Å². The Bertz CT molecular complexity index is 495. The van der Waals surface area contributed by atoms with Gasteiger partial charge in [0.1, 0.15) is 10.2 Å². The minimum Gasteiger partial charge on any atom is -0.478 e. The quantitative estimate of drug-likeness (QED) is 0.900. The summed E-state index contributed by atoms with van der Waals surface area (Å²) in [4.78, 5) is 14.6. The van der Waals surface area contributed by atoms with E-state index in [2.05, 4.69) is 26.0 Å². The minimum absolute atomic E-state index is 0.131. The van der Waals surface area contributed by atoms with Gasteiger partial charge in [0.2, 0.25) is 0 Å². The number of rotatable bonds is 2. The molecule has 0 saturated heterocycles. The zero-order chi connectivity index (χ0) is 10.8. The van der Waals surface area contributed by atoms with Gasteiger partial charge in [0, 0.05) is 12.4 Å². The van der Waals surface area contributed by atoms with Crippen LogP contribution in [0.5, 0.6) is 0 Å². The van der Waals surface area contributed by atoms with Crippen LogP contribution in [0.4, 0.5) is 0 Å². The van der Waals surface area contributed by atoms with Crippen LogP contribution in [0.25, 0.3) is 5.69 Å². The van der Waals surface area contributed by atoms with Crippen LogP contribution in [0.1, 0.15) is 10.4 Å². The molecule has 0 unspecified atom stereocenters. The highest BCUT2D eigenvalue weighted by molar-refractivity contribution is 9.10. The van der Waals surface area contributed by atoms with Gasteiger partial charge in [0.25, 0.3) is 0 Å². The number of hydrogen-bond donors (Lipinski definition) is 1. The van der Waals surface area contributed by atoms with E-state index in [-0.39, 0.29) is 5.56 Å². The Morgan fingerprint density at radius 2 is 2.07 bits per heavy atom. The lowest BCUT2D eigenvalue weighted by atomic mass is 10.4. The topological polar surface area (TPSA) is 68.0 Å². The van der Waals surface area contributed by atoms with Crippen molar-refractivity contribution in [1.29, 1.82) is 0 Å². The molecule has 0 spiro atoms. The number of nitrogens with zero attached hydrogens (tertiary/aromatic N) is 3. The van der Waals surface area contributed by atoms with Gasteiger partial charge in [-0.05, 0) is 28.1 Å². The highest BCUT2D eigenvalue weighted by Crippen LogP contribution is 2.20. The molecular formula is C9H6BrN3O2. The van der Waals surface area contributed by atoms with Crippen LogP contribution >= 0.6 is 15.9 Å². The molecule has 5 nitrogen and oxygen atoms in total. The van der Waals surface area contributed by atoms with Gasteiger partial charge >= 0.3 is 5.97 Å². The van der Waals surface area contributed by atoms with Crippen LogP contribution in [-0.2, 0) is 0 Å². The second-order valence-corrected chi connectivity index (χ2v) is 3.52. The predicted octanol–water partition coefficient (Wildman–Crippen LogP) is 1.73. The zero-order valence-corrected chi connectivity index (χ0v) is 9.05. The van der Waals surface area contributed by atoms with E-state index in [9.17, 15) is 4.79 Å². The minimum atomic E-state index is -1.01. The van der Waals surface area contributed by atoms with E-state index in [1.165, 1.54) is 10.9 Å². The average Bonchev–Trinajstić information content (AvgIpc) is 2.61. The molecule has 0 aliphatic rings. The highest BCUT2D eigenvalue weighted by Gasteiger charge is 2.14. The summed E-state index contributed by atoms with van der Waals surface area (Å²) < 4.78 is 1.91. The molecule has 0 radical (unpaired) electrons. The lowest BCUT2D eigenvalue weighted by Crippen LogP contribution is -1.99. The van der Waals surface area contributed by atoms with E-state index >= 15 is 0 Å². The van der Waals surface area contributed by atoms with Crippen molar-refractivity contribution in [2.45, 2.75) is 0 Å². The summed E-state index contributed by atoms with van der Waals surface area (Å²) in [6.07, 6.45) is 4.53. The Balaban J connectivity index is 2.52. The Hall–Kier alpha value is -1.69. The summed E-state index contributed by atoms with van der Waals surface area (Å²) in [5.74, 6) is -1.01. The molecule has 2 aromatic rings. The number of pyridine rings is 1. The summed E-state index contributed by atoms with van der Waals surface area (Å²) in [5, 5.41) is 12.8. The van der Waals surface area contributed by atoms with Gasteiger partial charge in [-0.15, -0.1) is 0 Å². The number of aromatic carboxylic acids is 1. The summed E-state index contributed by atoms with van der Waals surface area (Å²) in [5.41, 5.74) is 0.885. The first-order valence-corrected chi connectivity index (χ1v) is 4.86. The largest absolute Gasteiger partial charge is 0.478 e. The van der Waals surface area contributed by atoms with Crippen LogP contribution < -0.4 is 0 Å². The first-order chi connectivity index (χ1) is 7.20. The molecule has 2 rings (SSSR count). The van der Waals surface area contributed by atoms with E-state index in [0.29, 0.717) is 4.60 Å². The van der Waals surface area contributed by atoms with Crippen LogP contribution in [0.15, 0.2) is 35.3 Å². The number of halogens is 1. The molecule has 2 heterocycles. The van der Waals surface area contributed by atoms with Crippen molar-refractivity contribution in [3.63, 3.8) is 0 Å². The van der Waals surface area contributed by atoms with Crippen molar-refractivity contribution in [3.05, 3.63) is 40.9 Å². The molecule has 0 bridgehead atoms. The van der Waals surface area contributed by atoms with E-state index in [0.717, 1.165) is 5.69 Å². The normalized spacial score (nSPS) is 10.2. The molecule has 0 saturated carbocycles. The Morgan fingerprint density at radius 3 is 2.60 bits per heavy atom. The van der Waals surface area contributed by atoms with Crippen molar-refractivity contribution in [3.8, 4) is 5.69 Å². The molecule has 1 N–H and O–H groups in total. The fraction of sp³-hybridized carbons (Fsp3) is 0. The third-order valence-corrected chi connectivity index (χ3v) is 2.61. The molecule has 0 fully saturated rings. The van der Waals surface area contributed by atoms with Gasteiger partial charge in [-0.3, -0.25) is 4.98 Å². The molecule has 0 aliphatic carbocycles. The Labute approximate surface area is 93.5 Å². The molecule has 15 heavy (non-hydrogen) atoms. The van der Waals surface area contributed by atoms with Crippen molar-refractivity contribution in [1.82, 2.24) is 14.8 Å². The maximum atomic E-state index is 10.8. The number of carboxylic acid groups (broad SMARTS) is 1. The lowest BCUT2D eigenvalue weighted by Gasteiger charge is -2.01. The van der Waals surface area contributed by atoms with Crippen LogP contribution in [0.3, 0.4) is 0 Å². The average molecular weight is 268 g/mol. The SMILES string of the molecule is O=C(O)c1cnn(-c2ccncc2)c1Br. The molecule has 0 atom stereocenters. The Morgan fingerprint density at radius 1 is 1.40 bits per heavy atom. The van der Waals surface area contributed by atoms with Crippen molar-refractivity contribution >= 4 is 21.9 Å². The van der Waals surface area contributed by atoms with Gasteiger partial charge in [0.15, 0.2) is 0 Å². The number of hydrogen-bond acceptors (Lipinski definition) is 3. The monoisotopic (exact) mass is 267 g/mol. The van der Waals surface area contributed by atoms with Crippen LogP contribution in [0, 0.1) is 0 Å². The molecule has 0 aromatic carbocycles. The molecular weight excluding hydrogens is 262 g/mol. The van der Waals surface area contributed by atoms with Gasteiger partial charge in [0.05, 0.1) is 11.9 Å². The van der Waals surface area contributed by atoms with Gasteiger partial charge < -0.3 is 5.11 Å². The molecule has 76 valence electrons. The van der Waals surface area contributed by atoms with Crippen molar-refractivity contribution in [2.24, 2.45) is 0 Å². The lowest BCUT2D eigenvalue weighted by molar-refractivity contribution is 0.0696. The molecule has 2 aromatic heterocycles. The molecule has 0 amide bonds. The summed E-state index contributed by atoms with van der Waals surface area (Å²) in [6.45, 7) is 0. The first kappa shape index (κ1) is 9.85. The first-order valence-electron chi connectivity index (χ1n) is 4.07. The Kier molecular flexibility index (Phi) is 2.51. The summed E-state index contributed by atoms with van der Waals surface area (Å²) in [7, 11) is 0. The van der Waals surface area contributed by atoms with Crippen molar-refractivity contribution < 1.29 is 9.90 Å². The number of aromatic nitrogens is 3. The summed E-state index contributed by atoms with van der Waals surface area (Å²) >= 11 is 3.19. The fourth-order valence-electron chi connectivity index (χ4n) is 1.14. The third-order valence-electron chi connectivity index (χ3n) is 1.85. The van der Waals surface area contributed by atoms with Gasteiger partial charge in [-0.2, -0.15) is 5.10 Å².